The van der Waals surface area contributed by atoms with Crippen molar-refractivity contribution in [1.82, 2.24) is 30.2 Å². The largest absolute Gasteiger partial charge is 0.510 e. The molecule has 15 nitrogen and oxygen atoms in total. The molecule has 2 aromatic heterocycles. The normalized spacial score (nSPS) is 12.5. The standard InChI is InChI=1S/C28H28N8O7/c1-18-22-12-13-25(37)34(27(22)30-19(2)29-18)16-20-8-10-21(11-9-20)23-6-3-4-7-24(23)26-31-33-35(32-26)17-42-28(38)41-14-5-15-43-36(39)40/h3-4,6-11H,5,12-17H2,1-2H3. The van der Waals surface area contributed by atoms with Crippen LogP contribution < -0.4 is 4.90 Å². The molecule has 0 bridgehead atoms. The average Bonchev–Trinajstić information content (AvgIpc) is 3.46. The summed E-state index contributed by atoms with van der Waals surface area (Å²) in [5.74, 6) is 1.69. The second-order valence-electron chi connectivity index (χ2n) is 9.65. The summed E-state index contributed by atoms with van der Waals surface area (Å²) in [6, 6.07) is 15.5. The molecule has 1 aliphatic rings. The molecule has 0 radical (unpaired) electrons. The maximum Gasteiger partial charge on any atom is 0.510 e. The monoisotopic (exact) mass is 588 g/mol. The number of hydrogen-bond donors (Lipinski definition) is 0. The third-order valence-corrected chi connectivity index (χ3v) is 6.68. The van der Waals surface area contributed by atoms with Crippen LogP contribution in [-0.4, -0.2) is 60.5 Å². The molecule has 0 saturated heterocycles. The van der Waals surface area contributed by atoms with Crippen molar-refractivity contribution in [2.45, 2.75) is 46.4 Å². The lowest BCUT2D eigenvalue weighted by atomic mass is 9.98. The van der Waals surface area contributed by atoms with Gasteiger partial charge in [0.1, 0.15) is 11.6 Å². The van der Waals surface area contributed by atoms with Crippen molar-refractivity contribution < 1.29 is 29.0 Å². The Morgan fingerprint density at radius 1 is 1.00 bits per heavy atom. The Balaban J connectivity index is 1.24. The summed E-state index contributed by atoms with van der Waals surface area (Å²) in [6.07, 6.45) is 0.226. The zero-order valence-electron chi connectivity index (χ0n) is 23.5. The van der Waals surface area contributed by atoms with Crippen molar-refractivity contribution in [3.05, 3.63) is 81.3 Å². The second-order valence-corrected chi connectivity index (χ2v) is 9.65. The maximum absolute atomic E-state index is 12.8. The van der Waals surface area contributed by atoms with Gasteiger partial charge in [-0.15, -0.1) is 25.1 Å². The third-order valence-electron chi connectivity index (χ3n) is 6.68. The Morgan fingerprint density at radius 3 is 2.53 bits per heavy atom. The van der Waals surface area contributed by atoms with E-state index < -0.39 is 11.2 Å². The number of carbonyl (C=O) groups excluding carboxylic acids is 2. The van der Waals surface area contributed by atoms with Gasteiger partial charge in [0.25, 0.3) is 5.09 Å². The minimum atomic E-state index is -0.979. The van der Waals surface area contributed by atoms with Gasteiger partial charge in [-0.2, -0.15) is 0 Å². The number of anilines is 1. The minimum absolute atomic E-state index is 0.0353. The summed E-state index contributed by atoms with van der Waals surface area (Å²) in [5.41, 5.74) is 5.37. The molecule has 0 N–H and O–H groups in total. The molecule has 0 aliphatic carbocycles. The van der Waals surface area contributed by atoms with E-state index >= 15 is 0 Å². The summed E-state index contributed by atoms with van der Waals surface area (Å²) in [7, 11) is 0. The van der Waals surface area contributed by atoms with Crippen molar-refractivity contribution in [2.24, 2.45) is 0 Å². The topological polar surface area (TPSA) is 178 Å². The third kappa shape index (κ3) is 7.06. The van der Waals surface area contributed by atoms with Gasteiger partial charge in [-0.25, -0.2) is 14.8 Å². The Bertz CT molecular complexity index is 1640. The smallest absolute Gasteiger partial charge is 0.434 e. The lowest BCUT2D eigenvalue weighted by Crippen LogP contribution is -2.36. The van der Waals surface area contributed by atoms with Crippen LogP contribution in [0, 0.1) is 24.0 Å². The first kappa shape index (κ1) is 29.0. The van der Waals surface area contributed by atoms with Crippen LogP contribution in [0.4, 0.5) is 10.6 Å². The van der Waals surface area contributed by atoms with Crippen molar-refractivity contribution in [2.75, 3.05) is 18.1 Å². The number of aromatic nitrogens is 6. The summed E-state index contributed by atoms with van der Waals surface area (Å²) < 4.78 is 9.79. The van der Waals surface area contributed by atoms with Crippen LogP contribution in [0.25, 0.3) is 22.5 Å². The molecule has 222 valence electrons. The first-order valence-corrected chi connectivity index (χ1v) is 13.5. The van der Waals surface area contributed by atoms with Crippen LogP contribution in [0.1, 0.15) is 35.5 Å². The van der Waals surface area contributed by atoms with E-state index in [0.717, 1.165) is 38.3 Å². The Labute approximate surface area is 245 Å². The molecule has 0 saturated carbocycles. The molecular formula is C28H28N8O7. The van der Waals surface area contributed by atoms with E-state index in [-0.39, 0.29) is 32.3 Å². The van der Waals surface area contributed by atoms with Gasteiger partial charge in [-0.05, 0) is 42.2 Å². The van der Waals surface area contributed by atoms with Crippen molar-refractivity contribution in [1.29, 1.82) is 0 Å². The Morgan fingerprint density at radius 2 is 1.77 bits per heavy atom. The number of hydrogen-bond acceptors (Lipinski definition) is 12. The SMILES string of the molecule is Cc1nc(C)c2c(n1)N(Cc1ccc(-c3ccccc3-c3nnn(COC(=O)OCCCO[N+](=O)[O-])n3)cc1)C(=O)CC2. The van der Waals surface area contributed by atoms with E-state index in [1.807, 2.05) is 62.4 Å². The molecule has 3 heterocycles. The molecule has 2 aromatic carbocycles. The number of carbonyl (C=O) groups is 2. The molecule has 1 amide bonds. The first-order chi connectivity index (χ1) is 20.8. The molecule has 15 heteroatoms. The van der Waals surface area contributed by atoms with Gasteiger partial charge in [0.15, 0.2) is 0 Å². The minimum Gasteiger partial charge on any atom is -0.434 e. The molecule has 0 spiro atoms. The van der Waals surface area contributed by atoms with Crippen molar-refractivity contribution >= 4 is 17.9 Å². The molecule has 4 aromatic rings. The van der Waals surface area contributed by atoms with Crippen LogP contribution in [0.2, 0.25) is 0 Å². The summed E-state index contributed by atoms with van der Waals surface area (Å²) in [4.78, 5) is 50.7. The molecule has 43 heavy (non-hydrogen) atoms. The quantitative estimate of drug-likeness (QED) is 0.108. The number of fused-ring (bicyclic) bond motifs is 1. The summed E-state index contributed by atoms with van der Waals surface area (Å²) in [6.45, 7) is 3.54. The van der Waals surface area contributed by atoms with Crippen LogP contribution in [0.5, 0.6) is 0 Å². The number of benzene rings is 2. The fourth-order valence-corrected chi connectivity index (χ4v) is 4.70. The molecule has 0 unspecified atom stereocenters. The fraction of sp³-hybridized carbons (Fsp3) is 0.321. The Hall–Kier alpha value is -5.47. The number of tetrazole rings is 1. The second kappa shape index (κ2) is 13.0. The average molecular weight is 589 g/mol. The molecule has 1 aliphatic heterocycles. The fourth-order valence-electron chi connectivity index (χ4n) is 4.70. The highest BCUT2D eigenvalue weighted by Gasteiger charge is 2.27. The van der Waals surface area contributed by atoms with E-state index in [0.29, 0.717) is 36.9 Å². The van der Waals surface area contributed by atoms with E-state index in [9.17, 15) is 19.7 Å². The highest BCUT2D eigenvalue weighted by molar-refractivity contribution is 5.95. The predicted molar refractivity (Wildman–Crippen MR) is 150 cm³/mol. The van der Waals surface area contributed by atoms with Crippen LogP contribution >= 0.6 is 0 Å². The first-order valence-electron chi connectivity index (χ1n) is 13.5. The number of ether oxygens (including phenoxy) is 2. The van der Waals surface area contributed by atoms with Gasteiger partial charge in [0, 0.05) is 29.7 Å². The number of aryl methyl sites for hydroxylation is 2. The highest BCUT2D eigenvalue weighted by atomic mass is 16.9. The van der Waals surface area contributed by atoms with Crippen molar-refractivity contribution in [3.63, 3.8) is 0 Å². The summed E-state index contributed by atoms with van der Waals surface area (Å²) >= 11 is 0. The van der Waals surface area contributed by atoms with Gasteiger partial charge in [0.05, 0.1) is 19.8 Å². The number of rotatable bonds is 11. The van der Waals surface area contributed by atoms with E-state index in [4.69, 9.17) is 9.47 Å². The highest BCUT2D eigenvalue weighted by Crippen LogP contribution is 2.32. The maximum atomic E-state index is 12.8. The van der Waals surface area contributed by atoms with Gasteiger partial charge in [-0.1, -0.05) is 48.5 Å². The zero-order valence-corrected chi connectivity index (χ0v) is 23.5. The van der Waals surface area contributed by atoms with Gasteiger partial charge >= 0.3 is 6.16 Å². The van der Waals surface area contributed by atoms with Gasteiger partial charge in [0.2, 0.25) is 18.5 Å². The van der Waals surface area contributed by atoms with Crippen LogP contribution in [-0.2, 0) is 38.8 Å². The number of nitrogens with zero attached hydrogens (tertiary/aromatic N) is 8. The van der Waals surface area contributed by atoms with Crippen molar-refractivity contribution in [3.8, 4) is 22.5 Å². The number of amides is 1. The molecule has 5 rings (SSSR count). The van der Waals surface area contributed by atoms with E-state index in [1.165, 1.54) is 0 Å². The molecule has 0 atom stereocenters. The zero-order chi connectivity index (χ0) is 30.3. The lowest BCUT2D eigenvalue weighted by Gasteiger charge is -2.29. The predicted octanol–water partition coefficient (Wildman–Crippen LogP) is 3.60. The molecular weight excluding hydrogens is 560 g/mol. The molecule has 0 fully saturated rings. The lowest BCUT2D eigenvalue weighted by molar-refractivity contribution is -0.757. The van der Waals surface area contributed by atoms with Crippen LogP contribution in [0.15, 0.2) is 48.5 Å². The van der Waals surface area contributed by atoms with Gasteiger partial charge in [-0.3, -0.25) is 9.69 Å². The van der Waals surface area contributed by atoms with Crippen LogP contribution in [0.3, 0.4) is 0 Å². The summed E-state index contributed by atoms with van der Waals surface area (Å²) in [5, 5.41) is 21.6. The van der Waals surface area contributed by atoms with Gasteiger partial charge < -0.3 is 14.3 Å². The van der Waals surface area contributed by atoms with E-state index in [1.54, 1.807) is 4.90 Å². The van der Waals surface area contributed by atoms with E-state index in [2.05, 4.69) is 30.2 Å². The Kier molecular flexibility index (Phi) is 8.79.